The van der Waals surface area contributed by atoms with Crippen molar-refractivity contribution in [2.75, 3.05) is 6.54 Å². The summed E-state index contributed by atoms with van der Waals surface area (Å²) >= 11 is 0. The first-order valence-electron chi connectivity index (χ1n) is 4.38. The zero-order valence-corrected chi connectivity index (χ0v) is 7.66. The molecular weight excluding hydrogens is 169 g/mol. The van der Waals surface area contributed by atoms with E-state index >= 15 is 0 Å². The number of hydrogen-bond donors (Lipinski definition) is 1. The molecule has 1 unspecified atom stereocenters. The van der Waals surface area contributed by atoms with Crippen molar-refractivity contribution in [3.05, 3.63) is 30.1 Å². The van der Waals surface area contributed by atoms with Gasteiger partial charge in [0.1, 0.15) is 17.7 Å². The fraction of sp³-hybridized carbons (Fsp3) is 0.400. The highest BCUT2D eigenvalue weighted by atomic mass is 19.1. The molecule has 0 saturated heterocycles. The van der Waals surface area contributed by atoms with Crippen LogP contribution in [0.5, 0.6) is 5.75 Å². The lowest BCUT2D eigenvalue weighted by molar-refractivity contribution is 0.205. The van der Waals surface area contributed by atoms with Gasteiger partial charge in [0.15, 0.2) is 0 Å². The van der Waals surface area contributed by atoms with E-state index in [4.69, 9.17) is 10.5 Å². The Morgan fingerprint density at radius 1 is 1.38 bits per heavy atom. The number of benzene rings is 1. The summed E-state index contributed by atoms with van der Waals surface area (Å²) in [5.74, 6) is 0.409. The lowest BCUT2D eigenvalue weighted by atomic mass is 10.2. The molecule has 2 N–H and O–H groups in total. The van der Waals surface area contributed by atoms with Crippen molar-refractivity contribution in [2.24, 2.45) is 5.73 Å². The molecule has 1 aromatic rings. The topological polar surface area (TPSA) is 35.2 Å². The zero-order valence-electron chi connectivity index (χ0n) is 7.66. The van der Waals surface area contributed by atoms with E-state index in [1.54, 1.807) is 12.1 Å². The molecule has 0 amide bonds. The summed E-state index contributed by atoms with van der Waals surface area (Å²) in [6.45, 7) is 2.48. The van der Waals surface area contributed by atoms with Gasteiger partial charge in [-0.25, -0.2) is 4.39 Å². The number of ether oxygens (including phenoxy) is 1. The molecule has 0 heterocycles. The summed E-state index contributed by atoms with van der Waals surface area (Å²) in [6.07, 6.45) is 0.874. The van der Waals surface area contributed by atoms with Gasteiger partial charge in [0, 0.05) is 6.54 Å². The van der Waals surface area contributed by atoms with Crippen LogP contribution in [0, 0.1) is 5.82 Å². The van der Waals surface area contributed by atoms with Gasteiger partial charge in [-0.05, 0) is 30.7 Å². The molecule has 13 heavy (non-hydrogen) atoms. The van der Waals surface area contributed by atoms with Gasteiger partial charge >= 0.3 is 0 Å². The minimum Gasteiger partial charge on any atom is -0.489 e. The molecule has 72 valence electrons. The molecule has 0 bridgehead atoms. The molecule has 0 saturated carbocycles. The molecule has 3 heteroatoms. The van der Waals surface area contributed by atoms with Crippen LogP contribution in [0.25, 0.3) is 0 Å². The van der Waals surface area contributed by atoms with Crippen molar-refractivity contribution in [3.63, 3.8) is 0 Å². The molecule has 1 aromatic carbocycles. The standard InChI is InChI=1S/C10H14FNO/c1-2-9(7-12)13-10-5-3-8(11)4-6-10/h3-6,9H,2,7,12H2,1H3. The molecular formula is C10H14FNO. The van der Waals surface area contributed by atoms with Crippen molar-refractivity contribution >= 4 is 0 Å². The highest BCUT2D eigenvalue weighted by Crippen LogP contribution is 2.13. The fourth-order valence-electron chi connectivity index (χ4n) is 1.00. The summed E-state index contributed by atoms with van der Waals surface area (Å²) in [7, 11) is 0. The van der Waals surface area contributed by atoms with Gasteiger partial charge in [0.25, 0.3) is 0 Å². The van der Waals surface area contributed by atoms with E-state index < -0.39 is 0 Å². The number of rotatable bonds is 4. The Hall–Kier alpha value is -1.09. The monoisotopic (exact) mass is 183 g/mol. The molecule has 0 aliphatic rings. The zero-order chi connectivity index (χ0) is 9.68. The number of nitrogens with two attached hydrogens (primary N) is 1. The van der Waals surface area contributed by atoms with Crippen LogP contribution < -0.4 is 10.5 Å². The van der Waals surface area contributed by atoms with E-state index in [1.165, 1.54) is 12.1 Å². The molecule has 0 spiro atoms. The van der Waals surface area contributed by atoms with Gasteiger partial charge in [0.05, 0.1) is 0 Å². The van der Waals surface area contributed by atoms with Gasteiger partial charge in [-0.1, -0.05) is 6.92 Å². The average Bonchev–Trinajstić information content (AvgIpc) is 2.17. The van der Waals surface area contributed by atoms with Crippen molar-refractivity contribution in [2.45, 2.75) is 19.4 Å². The van der Waals surface area contributed by atoms with Crippen LogP contribution in [-0.4, -0.2) is 12.6 Å². The summed E-state index contributed by atoms with van der Waals surface area (Å²) in [5, 5.41) is 0. The summed E-state index contributed by atoms with van der Waals surface area (Å²) in [6, 6.07) is 5.96. The molecule has 1 atom stereocenters. The molecule has 0 radical (unpaired) electrons. The number of halogens is 1. The first kappa shape index (κ1) is 9.99. The predicted octanol–water partition coefficient (Wildman–Crippen LogP) is 1.94. The van der Waals surface area contributed by atoms with E-state index in [0.29, 0.717) is 12.3 Å². The lowest BCUT2D eigenvalue weighted by Crippen LogP contribution is -2.25. The first-order valence-corrected chi connectivity index (χ1v) is 4.38. The van der Waals surface area contributed by atoms with Gasteiger partial charge in [0.2, 0.25) is 0 Å². The highest BCUT2D eigenvalue weighted by Gasteiger charge is 2.04. The van der Waals surface area contributed by atoms with E-state index in [2.05, 4.69) is 0 Å². The van der Waals surface area contributed by atoms with Crippen LogP contribution in [0.15, 0.2) is 24.3 Å². The minimum absolute atomic E-state index is 0.0189. The molecule has 0 aliphatic heterocycles. The van der Waals surface area contributed by atoms with Crippen molar-refractivity contribution in [1.82, 2.24) is 0 Å². The van der Waals surface area contributed by atoms with E-state index in [9.17, 15) is 4.39 Å². The number of hydrogen-bond acceptors (Lipinski definition) is 2. The Kier molecular flexibility index (Phi) is 3.71. The quantitative estimate of drug-likeness (QED) is 0.774. The summed E-state index contributed by atoms with van der Waals surface area (Å²) < 4.78 is 18.0. The van der Waals surface area contributed by atoms with E-state index in [0.717, 1.165) is 6.42 Å². The average molecular weight is 183 g/mol. The second kappa shape index (κ2) is 4.82. The van der Waals surface area contributed by atoms with Crippen LogP contribution in [0.4, 0.5) is 4.39 Å². The maximum Gasteiger partial charge on any atom is 0.123 e. The second-order valence-corrected chi connectivity index (χ2v) is 2.84. The van der Waals surface area contributed by atoms with Crippen molar-refractivity contribution < 1.29 is 9.13 Å². The van der Waals surface area contributed by atoms with Gasteiger partial charge in [-0.2, -0.15) is 0 Å². The molecule has 2 nitrogen and oxygen atoms in total. The minimum atomic E-state index is -0.256. The van der Waals surface area contributed by atoms with Crippen molar-refractivity contribution in [3.8, 4) is 5.75 Å². The van der Waals surface area contributed by atoms with E-state index in [1.807, 2.05) is 6.92 Å². The lowest BCUT2D eigenvalue weighted by Gasteiger charge is -2.14. The Morgan fingerprint density at radius 3 is 2.46 bits per heavy atom. The Balaban J connectivity index is 2.58. The SMILES string of the molecule is CCC(CN)Oc1ccc(F)cc1. The predicted molar refractivity (Wildman–Crippen MR) is 50.2 cm³/mol. The normalized spacial score (nSPS) is 12.5. The van der Waals surface area contributed by atoms with Gasteiger partial charge in [-0.15, -0.1) is 0 Å². The Bertz CT molecular complexity index is 244. The summed E-state index contributed by atoms with van der Waals surface area (Å²) in [5.41, 5.74) is 5.46. The van der Waals surface area contributed by atoms with Crippen LogP contribution in [0.1, 0.15) is 13.3 Å². The van der Waals surface area contributed by atoms with Crippen molar-refractivity contribution in [1.29, 1.82) is 0 Å². The molecule has 0 aliphatic carbocycles. The van der Waals surface area contributed by atoms with Crippen LogP contribution in [-0.2, 0) is 0 Å². The molecule has 0 aromatic heterocycles. The van der Waals surface area contributed by atoms with E-state index in [-0.39, 0.29) is 11.9 Å². The molecule has 1 rings (SSSR count). The Labute approximate surface area is 77.5 Å². The summed E-state index contributed by atoms with van der Waals surface area (Å²) in [4.78, 5) is 0. The highest BCUT2D eigenvalue weighted by molar-refractivity contribution is 5.22. The smallest absolute Gasteiger partial charge is 0.123 e. The maximum atomic E-state index is 12.5. The van der Waals surface area contributed by atoms with Crippen LogP contribution >= 0.6 is 0 Å². The van der Waals surface area contributed by atoms with Gasteiger partial charge in [-0.3, -0.25) is 0 Å². The van der Waals surface area contributed by atoms with Crippen LogP contribution in [0.3, 0.4) is 0 Å². The van der Waals surface area contributed by atoms with Gasteiger partial charge < -0.3 is 10.5 Å². The third-order valence-corrected chi connectivity index (χ3v) is 1.83. The van der Waals surface area contributed by atoms with Crippen LogP contribution in [0.2, 0.25) is 0 Å². The molecule has 0 fully saturated rings. The second-order valence-electron chi connectivity index (χ2n) is 2.84. The maximum absolute atomic E-state index is 12.5. The first-order chi connectivity index (χ1) is 6.26. The fourth-order valence-corrected chi connectivity index (χ4v) is 1.00. The third kappa shape index (κ3) is 3.03. The Morgan fingerprint density at radius 2 is 2.00 bits per heavy atom. The third-order valence-electron chi connectivity index (χ3n) is 1.83. The largest absolute Gasteiger partial charge is 0.489 e.